The highest BCUT2D eigenvalue weighted by molar-refractivity contribution is 7.78. The first-order chi connectivity index (χ1) is 7.31. The fraction of sp³-hybridized carbons (Fsp3) is 0.364. The Labute approximate surface area is 94.7 Å². The molecule has 0 heterocycles. The molecule has 0 saturated carbocycles. The normalized spacial score (nSPS) is 9.20. The molecule has 80 valence electrons. The molecule has 0 radical (unpaired) electrons. The molecule has 0 saturated heterocycles. The lowest BCUT2D eigenvalue weighted by atomic mass is 10.3. The molecule has 3 nitrogen and oxygen atoms in total. The Morgan fingerprint density at radius 1 is 1.27 bits per heavy atom. The zero-order chi connectivity index (χ0) is 11.1. The summed E-state index contributed by atoms with van der Waals surface area (Å²) in [5, 5.41) is 2.32. The number of benzene rings is 1. The van der Waals surface area contributed by atoms with Gasteiger partial charge >= 0.3 is 0 Å². The van der Waals surface area contributed by atoms with E-state index < -0.39 is 0 Å². The largest absolute Gasteiger partial charge is 0.494 e. The van der Waals surface area contributed by atoms with E-state index in [1.165, 1.54) is 0 Å². The number of rotatable bonds is 5. The van der Waals surface area contributed by atoms with Crippen LogP contribution in [0.4, 0.5) is 5.69 Å². The highest BCUT2D eigenvalue weighted by Crippen LogP contribution is 2.31. The molecule has 1 aromatic rings. The van der Waals surface area contributed by atoms with Crippen molar-refractivity contribution >= 4 is 23.1 Å². The molecule has 0 aliphatic rings. The lowest BCUT2D eigenvalue weighted by Crippen LogP contribution is -1.94. The van der Waals surface area contributed by atoms with Gasteiger partial charge < -0.3 is 9.47 Å². The van der Waals surface area contributed by atoms with E-state index in [-0.39, 0.29) is 0 Å². The van der Waals surface area contributed by atoms with Gasteiger partial charge in [0.15, 0.2) is 0 Å². The van der Waals surface area contributed by atoms with Crippen molar-refractivity contribution in [2.75, 3.05) is 13.2 Å². The van der Waals surface area contributed by atoms with Crippen LogP contribution in [0.15, 0.2) is 23.2 Å². The Morgan fingerprint density at radius 3 is 2.60 bits per heavy atom. The lowest BCUT2D eigenvalue weighted by molar-refractivity contribution is 0.331. The van der Waals surface area contributed by atoms with Gasteiger partial charge in [-0.1, -0.05) is 0 Å². The third-order valence-electron chi connectivity index (χ3n) is 1.71. The van der Waals surface area contributed by atoms with E-state index in [0.717, 1.165) is 5.75 Å². The summed E-state index contributed by atoms with van der Waals surface area (Å²) in [6.45, 7) is 5.06. The Morgan fingerprint density at radius 2 is 2.00 bits per heavy atom. The molecule has 0 atom stereocenters. The van der Waals surface area contributed by atoms with Crippen LogP contribution >= 0.6 is 12.2 Å². The lowest BCUT2D eigenvalue weighted by Gasteiger charge is -2.08. The minimum Gasteiger partial charge on any atom is -0.494 e. The van der Waals surface area contributed by atoms with Crippen molar-refractivity contribution in [3.8, 4) is 11.5 Å². The number of aliphatic imine (C=N–C) groups is 1. The van der Waals surface area contributed by atoms with E-state index in [0.29, 0.717) is 24.7 Å². The van der Waals surface area contributed by atoms with Crippen molar-refractivity contribution < 1.29 is 9.47 Å². The summed E-state index contributed by atoms with van der Waals surface area (Å²) in [6.07, 6.45) is 0. The Kier molecular flexibility index (Phi) is 4.81. The van der Waals surface area contributed by atoms with Crippen LogP contribution in [0.2, 0.25) is 0 Å². The maximum Gasteiger partial charge on any atom is 0.145 e. The summed E-state index contributed by atoms with van der Waals surface area (Å²) < 4.78 is 10.7. The molecule has 0 fully saturated rings. The van der Waals surface area contributed by atoms with E-state index in [4.69, 9.17) is 9.47 Å². The molecular formula is C11H13NO2S. The highest BCUT2D eigenvalue weighted by Gasteiger charge is 2.03. The smallest absolute Gasteiger partial charge is 0.145 e. The van der Waals surface area contributed by atoms with Gasteiger partial charge in [-0.05, 0) is 38.2 Å². The standard InChI is InChI=1S/C11H13NO2S/c1-3-13-9-5-6-11(14-4-2)10(7-9)12-8-15/h5-7H,3-4H2,1-2H3. The van der Waals surface area contributed by atoms with Gasteiger partial charge in [-0.25, -0.2) is 0 Å². The number of hydrogen-bond donors (Lipinski definition) is 0. The topological polar surface area (TPSA) is 30.8 Å². The molecule has 0 unspecified atom stereocenters. The number of thiocarbonyl (C=S) groups is 1. The third kappa shape index (κ3) is 3.35. The fourth-order valence-electron chi connectivity index (χ4n) is 1.17. The molecule has 0 amide bonds. The van der Waals surface area contributed by atoms with E-state index in [1.807, 2.05) is 26.0 Å². The molecule has 0 aliphatic carbocycles. The molecule has 0 N–H and O–H groups in total. The summed E-state index contributed by atoms with van der Waals surface area (Å²) in [7, 11) is 0. The highest BCUT2D eigenvalue weighted by atomic mass is 32.1. The predicted octanol–water partition coefficient (Wildman–Crippen LogP) is 3.22. The average molecular weight is 223 g/mol. The Balaban J connectivity index is 3.02. The van der Waals surface area contributed by atoms with Crippen LogP contribution in [0.5, 0.6) is 11.5 Å². The minimum absolute atomic E-state index is 0.591. The van der Waals surface area contributed by atoms with Crippen LogP contribution < -0.4 is 9.47 Å². The van der Waals surface area contributed by atoms with Crippen molar-refractivity contribution in [3.63, 3.8) is 0 Å². The molecule has 1 aromatic carbocycles. The third-order valence-corrected chi connectivity index (χ3v) is 1.80. The predicted molar refractivity (Wildman–Crippen MR) is 63.5 cm³/mol. The van der Waals surface area contributed by atoms with E-state index in [1.54, 1.807) is 6.07 Å². The first kappa shape index (κ1) is 11.7. The van der Waals surface area contributed by atoms with Crippen LogP contribution in [-0.2, 0) is 0 Å². The maximum atomic E-state index is 5.39. The van der Waals surface area contributed by atoms with Crippen molar-refractivity contribution in [2.45, 2.75) is 13.8 Å². The van der Waals surface area contributed by atoms with Gasteiger partial charge in [-0.15, -0.1) is 0 Å². The fourth-order valence-corrected chi connectivity index (χ4v) is 1.27. The van der Waals surface area contributed by atoms with Gasteiger partial charge in [-0.2, -0.15) is 4.99 Å². The molecular weight excluding hydrogens is 210 g/mol. The molecule has 0 aromatic heterocycles. The van der Waals surface area contributed by atoms with E-state index in [2.05, 4.69) is 22.4 Å². The average Bonchev–Trinajstić information content (AvgIpc) is 2.23. The SMILES string of the molecule is CCOc1ccc(OCC)c(N=C=S)c1. The summed E-state index contributed by atoms with van der Waals surface area (Å²) in [4.78, 5) is 3.93. The van der Waals surface area contributed by atoms with Crippen LogP contribution in [0, 0.1) is 0 Å². The first-order valence-electron chi connectivity index (χ1n) is 4.79. The van der Waals surface area contributed by atoms with Crippen LogP contribution in [-0.4, -0.2) is 18.4 Å². The summed E-state index contributed by atoms with van der Waals surface area (Å²) in [5.41, 5.74) is 0.651. The summed E-state index contributed by atoms with van der Waals surface area (Å²) in [6, 6.07) is 5.45. The Hall–Kier alpha value is -1.38. The van der Waals surface area contributed by atoms with Crippen LogP contribution in [0.25, 0.3) is 0 Å². The number of isothiocyanates is 1. The van der Waals surface area contributed by atoms with Crippen molar-refractivity contribution in [1.29, 1.82) is 0 Å². The molecule has 1 rings (SSSR count). The molecule has 0 aliphatic heterocycles. The second-order valence-electron chi connectivity index (χ2n) is 2.70. The number of ether oxygens (including phenoxy) is 2. The summed E-state index contributed by atoms with van der Waals surface area (Å²) >= 11 is 4.57. The van der Waals surface area contributed by atoms with Crippen molar-refractivity contribution in [2.24, 2.45) is 4.99 Å². The number of hydrogen-bond acceptors (Lipinski definition) is 4. The zero-order valence-electron chi connectivity index (χ0n) is 8.82. The van der Waals surface area contributed by atoms with Crippen molar-refractivity contribution in [1.82, 2.24) is 0 Å². The van der Waals surface area contributed by atoms with Gasteiger partial charge in [0.25, 0.3) is 0 Å². The molecule has 0 bridgehead atoms. The van der Waals surface area contributed by atoms with Crippen LogP contribution in [0.3, 0.4) is 0 Å². The van der Waals surface area contributed by atoms with E-state index in [9.17, 15) is 0 Å². The Bertz CT molecular complexity index is 373. The van der Waals surface area contributed by atoms with Crippen LogP contribution in [0.1, 0.15) is 13.8 Å². The molecule has 0 spiro atoms. The van der Waals surface area contributed by atoms with Crippen molar-refractivity contribution in [3.05, 3.63) is 18.2 Å². The maximum absolute atomic E-state index is 5.39. The second-order valence-corrected chi connectivity index (χ2v) is 2.88. The summed E-state index contributed by atoms with van der Waals surface area (Å²) in [5.74, 6) is 1.45. The van der Waals surface area contributed by atoms with Gasteiger partial charge in [0.1, 0.15) is 17.2 Å². The first-order valence-corrected chi connectivity index (χ1v) is 5.20. The zero-order valence-corrected chi connectivity index (χ0v) is 9.63. The van der Waals surface area contributed by atoms with Gasteiger partial charge in [0.2, 0.25) is 0 Å². The monoisotopic (exact) mass is 223 g/mol. The number of nitrogens with zero attached hydrogens (tertiary/aromatic N) is 1. The van der Waals surface area contributed by atoms with E-state index >= 15 is 0 Å². The molecule has 4 heteroatoms. The molecule has 15 heavy (non-hydrogen) atoms. The van der Waals surface area contributed by atoms with Gasteiger partial charge in [-0.3, -0.25) is 0 Å². The second kappa shape index (κ2) is 6.17. The van der Waals surface area contributed by atoms with Gasteiger partial charge in [0, 0.05) is 6.07 Å². The quantitative estimate of drug-likeness (QED) is 0.567. The van der Waals surface area contributed by atoms with Gasteiger partial charge in [0.05, 0.1) is 18.4 Å². The minimum atomic E-state index is 0.591.